The summed E-state index contributed by atoms with van der Waals surface area (Å²) in [4.78, 5) is 12.0. The van der Waals surface area contributed by atoms with Crippen molar-refractivity contribution in [3.8, 4) is 0 Å². The normalized spacial score (nSPS) is 15.5. The molecule has 0 unspecified atom stereocenters. The maximum absolute atomic E-state index is 12.0. The number of anilines is 1. The Kier molecular flexibility index (Phi) is 4.34. The van der Waals surface area contributed by atoms with E-state index < -0.39 is 0 Å². The zero-order chi connectivity index (χ0) is 17.3. The van der Waals surface area contributed by atoms with Crippen LogP contribution in [0.15, 0.2) is 40.5 Å². The summed E-state index contributed by atoms with van der Waals surface area (Å²) in [5.74, 6) is 0.372. The molecule has 124 valence electrons. The first-order chi connectivity index (χ1) is 11.5. The third kappa shape index (κ3) is 3.02. The van der Waals surface area contributed by atoms with E-state index in [1.54, 1.807) is 6.21 Å². The van der Waals surface area contributed by atoms with Crippen molar-refractivity contribution in [1.82, 2.24) is 4.57 Å². The Morgan fingerprint density at radius 2 is 2.00 bits per heavy atom. The molecule has 3 rings (SSSR count). The van der Waals surface area contributed by atoms with Crippen LogP contribution in [0.1, 0.15) is 36.4 Å². The Bertz CT molecular complexity index is 843. The summed E-state index contributed by atoms with van der Waals surface area (Å²) in [6.07, 6.45) is 1.72. The molecule has 1 N–H and O–H groups in total. The fourth-order valence-electron chi connectivity index (χ4n) is 2.96. The molecular weight excluding hydrogens is 300 g/mol. The number of carbonyl (C=O) groups excluding carboxylic acids is 1. The molecule has 0 saturated carbocycles. The number of hydrogen-bond acceptors (Lipinski definition) is 3. The van der Waals surface area contributed by atoms with Gasteiger partial charge in [0.15, 0.2) is 5.71 Å². The van der Waals surface area contributed by atoms with E-state index in [2.05, 4.69) is 53.8 Å². The second kappa shape index (κ2) is 6.43. The largest absolute Gasteiger partial charge is 0.348 e. The van der Waals surface area contributed by atoms with E-state index in [9.17, 15) is 4.79 Å². The lowest BCUT2D eigenvalue weighted by atomic mass is 10.1. The Balaban J connectivity index is 1.86. The molecule has 1 aromatic carbocycles. The highest BCUT2D eigenvalue weighted by Gasteiger charge is 2.25. The van der Waals surface area contributed by atoms with Crippen molar-refractivity contribution in [3.05, 3.63) is 52.8 Å². The third-order valence-corrected chi connectivity index (χ3v) is 4.16. The molecule has 0 saturated heterocycles. The summed E-state index contributed by atoms with van der Waals surface area (Å²) >= 11 is 0. The third-order valence-electron chi connectivity index (χ3n) is 4.16. The lowest BCUT2D eigenvalue weighted by Gasteiger charge is -2.11. The number of para-hydroxylation sites is 1. The molecule has 0 bridgehead atoms. The van der Waals surface area contributed by atoms with Gasteiger partial charge in [0, 0.05) is 29.1 Å². The van der Waals surface area contributed by atoms with Gasteiger partial charge in [-0.1, -0.05) is 32.0 Å². The number of fused-ring (bicyclic) bond motifs is 1. The van der Waals surface area contributed by atoms with E-state index >= 15 is 0 Å². The quantitative estimate of drug-likeness (QED) is 0.679. The van der Waals surface area contributed by atoms with Gasteiger partial charge < -0.3 is 9.88 Å². The fourth-order valence-corrected chi connectivity index (χ4v) is 2.96. The molecule has 0 aliphatic carbocycles. The van der Waals surface area contributed by atoms with Crippen molar-refractivity contribution < 1.29 is 4.79 Å². The monoisotopic (exact) mass is 322 g/mol. The molecule has 24 heavy (non-hydrogen) atoms. The number of aromatic nitrogens is 1. The Hall–Kier alpha value is -2.69. The first kappa shape index (κ1) is 16.2. The Morgan fingerprint density at radius 3 is 2.75 bits per heavy atom. The van der Waals surface area contributed by atoms with Crippen molar-refractivity contribution in [3.63, 3.8) is 0 Å². The minimum absolute atomic E-state index is 0.210. The van der Waals surface area contributed by atoms with Crippen LogP contribution in [-0.4, -0.2) is 22.4 Å². The maximum atomic E-state index is 12.0. The predicted molar refractivity (Wildman–Crippen MR) is 97.9 cm³/mol. The average Bonchev–Trinajstić information content (AvgIpc) is 2.99. The first-order valence-electron chi connectivity index (χ1n) is 8.16. The van der Waals surface area contributed by atoms with E-state index in [4.69, 9.17) is 0 Å². The zero-order valence-electron chi connectivity index (χ0n) is 14.5. The molecule has 0 atom stereocenters. The fraction of sp³-hybridized carbons (Fsp3) is 0.316. The van der Waals surface area contributed by atoms with Gasteiger partial charge in [0.2, 0.25) is 0 Å². The van der Waals surface area contributed by atoms with Crippen LogP contribution < -0.4 is 5.32 Å². The topological polar surface area (TPSA) is 58.8 Å². The van der Waals surface area contributed by atoms with E-state index in [0.717, 1.165) is 23.4 Å². The van der Waals surface area contributed by atoms with Gasteiger partial charge in [-0.05, 0) is 31.9 Å². The van der Waals surface area contributed by atoms with E-state index in [0.29, 0.717) is 11.6 Å². The smallest absolute Gasteiger partial charge is 0.276 e. The molecule has 0 fully saturated rings. The van der Waals surface area contributed by atoms with E-state index in [1.807, 2.05) is 24.3 Å². The van der Waals surface area contributed by atoms with E-state index in [-0.39, 0.29) is 5.91 Å². The summed E-state index contributed by atoms with van der Waals surface area (Å²) < 4.78 is 2.29. The van der Waals surface area contributed by atoms with Gasteiger partial charge >= 0.3 is 0 Å². The summed E-state index contributed by atoms with van der Waals surface area (Å²) in [7, 11) is 0. The van der Waals surface area contributed by atoms with Crippen LogP contribution >= 0.6 is 0 Å². The van der Waals surface area contributed by atoms with Crippen molar-refractivity contribution in [2.75, 3.05) is 5.32 Å². The van der Waals surface area contributed by atoms with Gasteiger partial charge in [-0.3, -0.25) is 4.79 Å². The van der Waals surface area contributed by atoms with Gasteiger partial charge in [-0.25, -0.2) is 0 Å². The SMILES string of the molecule is Cc1cc(/C=N/N=C2\C(=O)Nc3ccccc32)c(C)n1CC(C)C. The number of hydrogen-bond donors (Lipinski definition) is 1. The van der Waals surface area contributed by atoms with Gasteiger partial charge in [-0.15, -0.1) is 5.10 Å². The molecule has 1 aromatic heterocycles. The molecule has 2 aromatic rings. The van der Waals surface area contributed by atoms with Gasteiger partial charge in [-0.2, -0.15) is 5.10 Å². The highest BCUT2D eigenvalue weighted by atomic mass is 16.2. The van der Waals surface area contributed by atoms with Crippen LogP contribution in [0.5, 0.6) is 0 Å². The van der Waals surface area contributed by atoms with Crippen LogP contribution in [0, 0.1) is 19.8 Å². The van der Waals surface area contributed by atoms with Gasteiger partial charge in [0.25, 0.3) is 5.91 Å². The minimum atomic E-state index is -0.210. The standard InChI is InChI=1S/C19H22N4O/c1-12(2)11-23-13(3)9-15(14(23)4)10-20-22-18-16-7-5-6-8-17(16)21-19(18)24/h5-10,12H,11H2,1-4H3,(H,21,22,24)/b20-10+. The van der Waals surface area contributed by atoms with Gasteiger partial charge in [0.1, 0.15) is 0 Å². The molecule has 1 amide bonds. The number of benzene rings is 1. The number of nitrogens with zero attached hydrogens (tertiary/aromatic N) is 3. The highest BCUT2D eigenvalue weighted by Crippen LogP contribution is 2.22. The number of aryl methyl sites for hydroxylation is 1. The molecule has 5 nitrogen and oxygen atoms in total. The highest BCUT2D eigenvalue weighted by molar-refractivity contribution is 6.53. The summed E-state index contributed by atoms with van der Waals surface area (Å²) in [6, 6.07) is 9.60. The van der Waals surface area contributed by atoms with Crippen LogP contribution in [0.3, 0.4) is 0 Å². The van der Waals surface area contributed by atoms with Gasteiger partial charge in [0.05, 0.1) is 11.9 Å². The number of carbonyl (C=O) groups is 1. The van der Waals surface area contributed by atoms with Crippen LogP contribution in [-0.2, 0) is 11.3 Å². The second-order valence-corrected chi connectivity index (χ2v) is 6.52. The van der Waals surface area contributed by atoms with Crippen molar-refractivity contribution in [1.29, 1.82) is 0 Å². The average molecular weight is 322 g/mol. The summed E-state index contributed by atoms with van der Waals surface area (Å²) in [5.41, 5.74) is 5.35. The molecule has 0 spiro atoms. The van der Waals surface area contributed by atoms with Crippen LogP contribution in [0.2, 0.25) is 0 Å². The number of amides is 1. The molecular formula is C19H22N4O. The second-order valence-electron chi connectivity index (χ2n) is 6.52. The predicted octanol–water partition coefficient (Wildman–Crippen LogP) is 3.54. The zero-order valence-corrected chi connectivity index (χ0v) is 14.5. The number of rotatable bonds is 4. The molecule has 1 aliphatic rings. The van der Waals surface area contributed by atoms with Crippen molar-refractivity contribution in [2.45, 2.75) is 34.2 Å². The van der Waals surface area contributed by atoms with Crippen LogP contribution in [0.25, 0.3) is 0 Å². The molecule has 5 heteroatoms. The van der Waals surface area contributed by atoms with Crippen molar-refractivity contribution >= 4 is 23.5 Å². The maximum Gasteiger partial charge on any atom is 0.276 e. The summed E-state index contributed by atoms with van der Waals surface area (Å²) in [5, 5.41) is 11.1. The Labute approximate surface area is 142 Å². The lowest BCUT2D eigenvalue weighted by molar-refractivity contribution is -0.110. The minimum Gasteiger partial charge on any atom is -0.348 e. The van der Waals surface area contributed by atoms with Crippen molar-refractivity contribution in [2.24, 2.45) is 16.1 Å². The summed E-state index contributed by atoms with van der Waals surface area (Å²) in [6.45, 7) is 9.57. The van der Waals surface area contributed by atoms with Crippen LogP contribution in [0.4, 0.5) is 5.69 Å². The van der Waals surface area contributed by atoms with E-state index in [1.165, 1.54) is 11.4 Å². The lowest BCUT2D eigenvalue weighted by Crippen LogP contribution is -2.13. The molecule has 0 radical (unpaired) electrons. The Morgan fingerprint density at radius 1 is 1.25 bits per heavy atom. The first-order valence-corrected chi connectivity index (χ1v) is 8.16. The number of nitrogens with one attached hydrogen (secondary N) is 1. The molecule has 2 heterocycles. The molecule has 1 aliphatic heterocycles.